The van der Waals surface area contributed by atoms with E-state index in [9.17, 15) is 23.3 Å². The van der Waals surface area contributed by atoms with E-state index in [1.54, 1.807) is 4.68 Å². The van der Waals surface area contributed by atoms with Gasteiger partial charge in [-0.05, 0) is 39.8 Å². The maximum absolute atomic E-state index is 12.4. The van der Waals surface area contributed by atoms with Crippen molar-refractivity contribution < 1.29 is 18.1 Å². The highest BCUT2D eigenvalue weighted by Gasteiger charge is 2.22. The van der Waals surface area contributed by atoms with E-state index in [0.717, 1.165) is 18.0 Å². The second kappa shape index (κ2) is 8.19. The first-order chi connectivity index (χ1) is 13.3. The molecule has 1 aromatic carbocycles. The number of nitro groups is 1. The van der Waals surface area contributed by atoms with Gasteiger partial charge < -0.3 is 10.6 Å². The molecule has 0 spiro atoms. The molecular weight excluding hydrogens is 398 g/mol. The number of aromatic nitrogens is 2. The van der Waals surface area contributed by atoms with Crippen LogP contribution in [0.1, 0.15) is 36.8 Å². The first-order valence-corrected chi connectivity index (χ1v) is 10.8. The monoisotopic (exact) mass is 423 g/mol. The summed E-state index contributed by atoms with van der Waals surface area (Å²) in [5.41, 5.74) is 0.787. The van der Waals surface area contributed by atoms with E-state index >= 15 is 0 Å². The van der Waals surface area contributed by atoms with Gasteiger partial charge in [0.15, 0.2) is 9.84 Å². The zero-order valence-electron chi connectivity index (χ0n) is 17.0. The summed E-state index contributed by atoms with van der Waals surface area (Å²) in [6.45, 7) is 8.21. The lowest BCUT2D eigenvalue weighted by Gasteiger charge is -2.21. The number of nitro benzene ring substituents is 1. The highest BCUT2D eigenvalue weighted by Crippen LogP contribution is 2.27. The van der Waals surface area contributed by atoms with E-state index in [0.29, 0.717) is 5.56 Å². The van der Waals surface area contributed by atoms with Gasteiger partial charge in [-0.15, -0.1) is 0 Å². The topological polar surface area (TPSA) is 136 Å². The Morgan fingerprint density at radius 3 is 2.45 bits per heavy atom. The van der Waals surface area contributed by atoms with Crippen LogP contribution in [0.3, 0.4) is 0 Å². The summed E-state index contributed by atoms with van der Waals surface area (Å²) in [6.07, 6.45) is 2.50. The Balaban J connectivity index is 2.02. The van der Waals surface area contributed by atoms with Crippen molar-refractivity contribution in [2.75, 3.05) is 24.7 Å². The first kappa shape index (κ1) is 22.3. The van der Waals surface area contributed by atoms with Crippen LogP contribution in [0.25, 0.3) is 0 Å². The van der Waals surface area contributed by atoms with E-state index < -0.39 is 14.8 Å². The van der Waals surface area contributed by atoms with E-state index in [4.69, 9.17) is 0 Å². The number of hydrogen-bond acceptors (Lipinski definition) is 7. The Labute approximate surface area is 169 Å². The molecular formula is C18H25N5O5S. The van der Waals surface area contributed by atoms with Gasteiger partial charge in [-0.3, -0.25) is 19.6 Å². The summed E-state index contributed by atoms with van der Waals surface area (Å²) in [4.78, 5) is 22.8. The fraction of sp³-hybridized carbons (Fsp3) is 0.444. The van der Waals surface area contributed by atoms with Gasteiger partial charge in [0.2, 0.25) is 0 Å². The normalized spacial score (nSPS) is 11.9. The van der Waals surface area contributed by atoms with Gasteiger partial charge in [-0.2, -0.15) is 5.10 Å². The Hall–Kier alpha value is -2.95. The average Bonchev–Trinajstić information content (AvgIpc) is 2.99. The third-order valence-corrected chi connectivity index (χ3v) is 5.32. The van der Waals surface area contributed by atoms with E-state index in [1.807, 2.05) is 27.7 Å². The Morgan fingerprint density at radius 2 is 1.93 bits per heavy atom. The lowest BCUT2D eigenvalue weighted by molar-refractivity contribution is -0.384. The Morgan fingerprint density at radius 1 is 1.28 bits per heavy atom. The van der Waals surface area contributed by atoms with E-state index in [-0.39, 0.29) is 40.8 Å². The van der Waals surface area contributed by atoms with Crippen molar-refractivity contribution in [3.63, 3.8) is 0 Å². The molecule has 1 aromatic heterocycles. The molecule has 158 valence electrons. The summed E-state index contributed by atoms with van der Waals surface area (Å²) in [6, 6.07) is 3.65. The zero-order chi connectivity index (χ0) is 22.0. The number of hydrogen-bond donors (Lipinski definition) is 2. The molecule has 0 fully saturated rings. The van der Waals surface area contributed by atoms with Crippen LogP contribution in [0.4, 0.5) is 11.4 Å². The van der Waals surface area contributed by atoms with Gasteiger partial charge in [-0.1, -0.05) is 0 Å². The number of carbonyl (C=O) groups is 1. The van der Waals surface area contributed by atoms with Crippen molar-refractivity contribution >= 4 is 27.1 Å². The molecule has 0 aliphatic carbocycles. The first-order valence-electron chi connectivity index (χ1n) is 8.88. The predicted molar refractivity (Wildman–Crippen MR) is 109 cm³/mol. The fourth-order valence-electron chi connectivity index (χ4n) is 2.82. The largest absolute Gasteiger partial charge is 0.378 e. The highest BCUT2D eigenvalue weighted by atomic mass is 32.2. The van der Waals surface area contributed by atoms with E-state index in [1.165, 1.54) is 18.3 Å². The van der Waals surface area contributed by atoms with Gasteiger partial charge >= 0.3 is 0 Å². The molecule has 0 aliphatic heterocycles. The van der Waals surface area contributed by atoms with Crippen LogP contribution in [-0.4, -0.2) is 48.4 Å². The second-order valence-electron chi connectivity index (χ2n) is 7.62. The van der Waals surface area contributed by atoms with Gasteiger partial charge in [0.05, 0.1) is 27.1 Å². The quantitative estimate of drug-likeness (QED) is 0.395. The average molecular weight is 423 g/mol. The lowest BCUT2D eigenvalue weighted by Crippen LogP contribution is -2.30. The number of nitrogens with one attached hydrogen (secondary N) is 2. The Bertz CT molecular complexity index is 1040. The summed E-state index contributed by atoms with van der Waals surface area (Å²) < 4.78 is 24.9. The number of anilines is 1. The van der Waals surface area contributed by atoms with Gasteiger partial charge in [0.1, 0.15) is 5.69 Å². The summed E-state index contributed by atoms with van der Waals surface area (Å²) in [7, 11) is -3.55. The molecule has 10 nitrogen and oxygen atoms in total. The Kier molecular flexibility index (Phi) is 6.31. The van der Waals surface area contributed by atoms with Crippen LogP contribution >= 0.6 is 0 Å². The van der Waals surface area contributed by atoms with Gasteiger partial charge in [-0.25, -0.2) is 8.42 Å². The number of amides is 1. The standard InChI is InChI=1S/C18H25N5O5S/c1-12-14(11-21-22(12)18(2,3)4)17(24)20-9-8-19-15-7-6-13(29(5,27)28)10-16(15)23(25)26/h6-7,10-11,19H,8-9H2,1-5H3,(H,20,24). The van der Waals surface area contributed by atoms with Crippen molar-refractivity contribution in [2.24, 2.45) is 0 Å². The fourth-order valence-corrected chi connectivity index (χ4v) is 3.46. The molecule has 2 rings (SSSR count). The third kappa shape index (κ3) is 5.31. The van der Waals surface area contributed by atoms with Crippen LogP contribution in [0, 0.1) is 17.0 Å². The van der Waals surface area contributed by atoms with Crippen LogP contribution < -0.4 is 10.6 Å². The van der Waals surface area contributed by atoms with Gasteiger partial charge in [0.25, 0.3) is 11.6 Å². The van der Waals surface area contributed by atoms with Gasteiger partial charge in [0, 0.05) is 31.1 Å². The summed E-state index contributed by atoms with van der Waals surface area (Å²) in [5, 5.41) is 21.1. The summed E-state index contributed by atoms with van der Waals surface area (Å²) >= 11 is 0. The second-order valence-corrected chi connectivity index (χ2v) is 9.63. The SMILES string of the molecule is Cc1c(C(=O)NCCNc2ccc(S(C)(=O)=O)cc2[N+](=O)[O-])cnn1C(C)(C)C. The van der Waals surface area contributed by atoms with Crippen LogP contribution in [-0.2, 0) is 15.4 Å². The zero-order valence-corrected chi connectivity index (χ0v) is 17.8. The molecule has 0 saturated heterocycles. The van der Waals surface area contributed by atoms with Crippen molar-refractivity contribution in [3.05, 3.63) is 45.8 Å². The minimum atomic E-state index is -3.55. The van der Waals surface area contributed by atoms with Crippen molar-refractivity contribution in [2.45, 2.75) is 38.1 Å². The minimum absolute atomic E-state index is 0.130. The number of rotatable bonds is 7. The molecule has 0 bridgehead atoms. The number of carbonyl (C=O) groups excluding carboxylic acids is 1. The van der Waals surface area contributed by atoms with Crippen molar-refractivity contribution in [3.8, 4) is 0 Å². The van der Waals surface area contributed by atoms with Crippen molar-refractivity contribution in [1.82, 2.24) is 15.1 Å². The minimum Gasteiger partial charge on any atom is -0.378 e. The van der Waals surface area contributed by atoms with Crippen LogP contribution in [0.5, 0.6) is 0 Å². The molecule has 2 N–H and O–H groups in total. The highest BCUT2D eigenvalue weighted by molar-refractivity contribution is 7.90. The van der Waals surface area contributed by atoms with Crippen LogP contribution in [0.15, 0.2) is 29.3 Å². The maximum Gasteiger partial charge on any atom is 0.293 e. The molecule has 11 heteroatoms. The summed E-state index contributed by atoms with van der Waals surface area (Å²) in [5.74, 6) is -0.290. The predicted octanol–water partition coefficient (Wildman–Crippen LogP) is 2.10. The number of benzene rings is 1. The molecule has 29 heavy (non-hydrogen) atoms. The molecule has 1 heterocycles. The molecule has 2 aromatic rings. The molecule has 0 aliphatic rings. The molecule has 0 atom stereocenters. The number of sulfone groups is 1. The molecule has 0 unspecified atom stereocenters. The molecule has 0 saturated carbocycles. The molecule has 1 amide bonds. The van der Waals surface area contributed by atoms with E-state index in [2.05, 4.69) is 15.7 Å². The smallest absolute Gasteiger partial charge is 0.293 e. The molecule has 0 radical (unpaired) electrons. The lowest BCUT2D eigenvalue weighted by atomic mass is 10.1. The van der Waals surface area contributed by atoms with Crippen molar-refractivity contribution in [1.29, 1.82) is 0 Å². The van der Waals surface area contributed by atoms with Crippen LogP contribution in [0.2, 0.25) is 0 Å². The third-order valence-electron chi connectivity index (χ3n) is 4.21. The maximum atomic E-state index is 12.4. The number of nitrogens with zero attached hydrogens (tertiary/aromatic N) is 3.